The van der Waals surface area contributed by atoms with Crippen LogP contribution in [0.3, 0.4) is 0 Å². The van der Waals surface area contributed by atoms with E-state index in [-0.39, 0.29) is 11.1 Å². The molecule has 4 rings (SSSR count). The second-order valence-corrected chi connectivity index (χ2v) is 6.85. The van der Waals surface area contributed by atoms with Crippen LogP contribution in [0.4, 0.5) is 8.78 Å². The van der Waals surface area contributed by atoms with E-state index in [0.29, 0.717) is 34.6 Å². The molecule has 122 valence electrons. The predicted molar refractivity (Wildman–Crippen MR) is 92.1 cm³/mol. The molecule has 1 aliphatic heterocycles. The SMILES string of the molecule is CCc1cc2c(=O)n3c(nc2s1)/C(=C/c1c(F)cccc1F)CC3. The summed E-state index contributed by atoms with van der Waals surface area (Å²) in [5.41, 5.74) is 0.517. The maximum atomic E-state index is 13.9. The van der Waals surface area contributed by atoms with Crippen molar-refractivity contribution in [3.05, 3.63) is 62.5 Å². The number of thiophene rings is 1. The molecule has 0 N–H and O–H groups in total. The largest absolute Gasteiger partial charge is 0.292 e. The number of halogens is 2. The summed E-state index contributed by atoms with van der Waals surface area (Å²) >= 11 is 1.49. The Kier molecular flexibility index (Phi) is 3.57. The Morgan fingerprint density at radius 3 is 2.79 bits per heavy atom. The number of aromatic nitrogens is 2. The Bertz CT molecular complexity index is 1030. The number of benzene rings is 1. The minimum Gasteiger partial charge on any atom is -0.292 e. The van der Waals surface area contributed by atoms with Crippen LogP contribution in [0.5, 0.6) is 0 Å². The van der Waals surface area contributed by atoms with Gasteiger partial charge < -0.3 is 0 Å². The van der Waals surface area contributed by atoms with Crippen molar-refractivity contribution in [3.8, 4) is 0 Å². The number of nitrogens with zero attached hydrogens (tertiary/aromatic N) is 2. The van der Waals surface area contributed by atoms with Crippen molar-refractivity contribution in [1.29, 1.82) is 0 Å². The van der Waals surface area contributed by atoms with E-state index in [1.807, 2.05) is 13.0 Å². The van der Waals surface area contributed by atoms with Crippen molar-refractivity contribution < 1.29 is 8.78 Å². The highest BCUT2D eigenvalue weighted by Crippen LogP contribution is 2.31. The number of hydrogen-bond acceptors (Lipinski definition) is 3. The molecule has 2 aromatic heterocycles. The molecule has 6 heteroatoms. The van der Waals surface area contributed by atoms with Gasteiger partial charge in [0.15, 0.2) is 0 Å². The lowest BCUT2D eigenvalue weighted by Gasteiger charge is -2.04. The van der Waals surface area contributed by atoms with Gasteiger partial charge in [-0.15, -0.1) is 11.3 Å². The first-order valence-corrected chi connectivity index (χ1v) is 8.58. The van der Waals surface area contributed by atoms with Crippen LogP contribution in [0.25, 0.3) is 21.9 Å². The molecule has 0 radical (unpaired) electrons. The maximum absolute atomic E-state index is 13.9. The molecule has 0 fully saturated rings. The van der Waals surface area contributed by atoms with Crippen LogP contribution in [0, 0.1) is 11.6 Å². The Labute approximate surface area is 140 Å². The molecule has 0 amide bonds. The standard InChI is InChI=1S/C18H14F2N2OS/c1-2-11-9-13-17(24-11)21-16-10(6-7-22(16)18(13)23)8-12-14(19)4-3-5-15(12)20/h3-5,8-9H,2,6-7H2,1H3/b10-8+. The lowest BCUT2D eigenvalue weighted by atomic mass is 10.1. The molecule has 0 bridgehead atoms. The van der Waals surface area contributed by atoms with E-state index in [9.17, 15) is 13.6 Å². The number of rotatable bonds is 2. The third-order valence-electron chi connectivity index (χ3n) is 4.26. The minimum atomic E-state index is -0.617. The summed E-state index contributed by atoms with van der Waals surface area (Å²) in [6.45, 7) is 2.51. The molecular weight excluding hydrogens is 330 g/mol. The molecule has 0 spiro atoms. The van der Waals surface area contributed by atoms with E-state index in [1.165, 1.54) is 35.6 Å². The quantitative estimate of drug-likeness (QED) is 0.697. The molecular formula is C18H14F2N2OS. The molecule has 0 unspecified atom stereocenters. The smallest absolute Gasteiger partial charge is 0.262 e. The number of allylic oxidation sites excluding steroid dienone is 1. The minimum absolute atomic E-state index is 0.0802. The lowest BCUT2D eigenvalue weighted by molar-refractivity contribution is 0.579. The van der Waals surface area contributed by atoms with E-state index in [1.54, 1.807) is 4.57 Å². The summed E-state index contributed by atoms with van der Waals surface area (Å²) in [5.74, 6) is -0.720. The number of hydrogen-bond donors (Lipinski definition) is 0. The molecule has 0 atom stereocenters. The summed E-state index contributed by atoms with van der Waals surface area (Å²) in [4.78, 5) is 19.0. The van der Waals surface area contributed by atoms with Crippen LogP contribution in [0.15, 0.2) is 29.1 Å². The van der Waals surface area contributed by atoms with Gasteiger partial charge in [-0.25, -0.2) is 13.8 Å². The van der Waals surface area contributed by atoms with Gasteiger partial charge in [-0.2, -0.15) is 0 Å². The normalized spacial score (nSPS) is 15.4. The van der Waals surface area contributed by atoms with E-state index in [2.05, 4.69) is 4.98 Å². The number of fused-ring (bicyclic) bond motifs is 2. The van der Waals surface area contributed by atoms with Crippen LogP contribution in [0.1, 0.15) is 29.6 Å². The first-order valence-electron chi connectivity index (χ1n) is 7.76. The summed E-state index contributed by atoms with van der Waals surface area (Å²) in [7, 11) is 0. The molecule has 3 heterocycles. The molecule has 24 heavy (non-hydrogen) atoms. The molecule has 3 nitrogen and oxygen atoms in total. The second kappa shape index (κ2) is 5.63. The van der Waals surface area contributed by atoms with Crippen molar-refractivity contribution >= 4 is 33.2 Å². The van der Waals surface area contributed by atoms with E-state index in [0.717, 1.165) is 11.3 Å². The van der Waals surface area contributed by atoms with Crippen molar-refractivity contribution in [2.24, 2.45) is 0 Å². The van der Waals surface area contributed by atoms with Crippen LogP contribution in [-0.4, -0.2) is 9.55 Å². The Morgan fingerprint density at radius 1 is 1.33 bits per heavy atom. The van der Waals surface area contributed by atoms with Crippen LogP contribution in [-0.2, 0) is 13.0 Å². The highest BCUT2D eigenvalue weighted by atomic mass is 32.1. The van der Waals surface area contributed by atoms with Crippen molar-refractivity contribution in [1.82, 2.24) is 9.55 Å². The molecule has 0 saturated carbocycles. The van der Waals surface area contributed by atoms with E-state index >= 15 is 0 Å². The molecule has 0 saturated heterocycles. The summed E-state index contributed by atoms with van der Waals surface area (Å²) in [6, 6.07) is 5.67. The van der Waals surface area contributed by atoms with E-state index in [4.69, 9.17) is 0 Å². The molecule has 3 aromatic rings. The van der Waals surface area contributed by atoms with Gasteiger partial charge in [0.2, 0.25) is 0 Å². The number of aryl methyl sites for hydroxylation is 1. The Morgan fingerprint density at radius 2 is 2.08 bits per heavy atom. The fraction of sp³-hybridized carbons (Fsp3) is 0.222. The van der Waals surface area contributed by atoms with Gasteiger partial charge in [0.25, 0.3) is 5.56 Å². The van der Waals surface area contributed by atoms with Gasteiger partial charge >= 0.3 is 0 Å². The Balaban J connectivity index is 1.91. The zero-order chi connectivity index (χ0) is 16.8. The maximum Gasteiger partial charge on any atom is 0.262 e. The fourth-order valence-corrected chi connectivity index (χ4v) is 3.95. The molecule has 1 aliphatic rings. The monoisotopic (exact) mass is 344 g/mol. The third-order valence-corrected chi connectivity index (χ3v) is 5.43. The van der Waals surface area contributed by atoms with Crippen molar-refractivity contribution in [3.63, 3.8) is 0 Å². The highest BCUT2D eigenvalue weighted by Gasteiger charge is 2.22. The zero-order valence-corrected chi connectivity index (χ0v) is 13.8. The van der Waals surface area contributed by atoms with Crippen molar-refractivity contribution in [2.75, 3.05) is 0 Å². The summed E-state index contributed by atoms with van der Waals surface area (Å²) in [5, 5.41) is 0.624. The van der Waals surface area contributed by atoms with Crippen LogP contribution in [0.2, 0.25) is 0 Å². The lowest BCUT2D eigenvalue weighted by Crippen LogP contribution is -2.19. The van der Waals surface area contributed by atoms with Gasteiger partial charge in [-0.05, 0) is 42.7 Å². The van der Waals surface area contributed by atoms with Gasteiger partial charge in [0.05, 0.1) is 5.39 Å². The van der Waals surface area contributed by atoms with Gasteiger partial charge in [0.1, 0.15) is 22.3 Å². The second-order valence-electron chi connectivity index (χ2n) is 5.73. The van der Waals surface area contributed by atoms with Gasteiger partial charge in [-0.3, -0.25) is 9.36 Å². The Hall–Kier alpha value is -2.34. The average molecular weight is 344 g/mol. The summed E-state index contributed by atoms with van der Waals surface area (Å²) < 4.78 is 29.4. The molecule has 1 aromatic carbocycles. The predicted octanol–water partition coefficient (Wildman–Crippen LogP) is 4.24. The first kappa shape index (κ1) is 15.2. The fourth-order valence-electron chi connectivity index (χ4n) is 3.00. The average Bonchev–Trinajstić information content (AvgIpc) is 3.16. The van der Waals surface area contributed by atoms with Crippen LogP contribution < -0.4 is 5.56 Å². The summed E-state index contributed by atoms with van der Waals surface area (Å²) in [6.07, 6.45) is 2.85. The first-order chi connectivity index (χ1) is 11.6. The van der Waals surface area contributed by atoms with Gasteiger partial charge in [-0.1, -0.05) is 13.0 Å². The third kappa shape index (κ3) is 2.29. The van der Waals surface area contributed by atoms with Gasteiger partial charge in [0, 0.05) is 17.0 Å². The van der Waals surface area contributed by atoms with Crippen molar-refractivity contribution in [2.45, 2.75) is 26.3 Å². The zero-order valence-electron chi connectivity index (χ0n) is 13.0. The molecule has 0 aliphatic carbocycles. The van der Waals surface area contributed by atoms with E-state index < -0.39 is 11.6 Å². The topological polar surface area (TPSA) is 34.9 Å². The highest BCUT2D eigenvalue weighted by molar-refractivity contribution is 7.18. The van der Waals surface area contributed by atoms with Crippen LogP contribution >= 0.6 is 11.3 Å².